The molecule has 0 aliphatic heterocycles. The lowest BCUT2D eigenvalue weighted by molar-refractivity contribution is 0.716. The number of likely N-dealkylation sites (N-methyl/N-ethyl adjacent to an activating group) is 1. The van der Waals surface area contributed by atoms with Gasteiger partial charge in [0, 0.05) is 13.0 Å². The van der Waals surface area contributed by atoms with E-state index in [4.69, 9.17) is 11.6 Å². The Bertz CT molecular complexity index is 468. The molecule has 0 radical (unpaired) electrons. The van der Waals surface area contributed by atoms with Gasteiger partial charge in [0.25, 0.3) is 0 Å². The van der Waals surface area contributed by atoms with Gasteiger partial charge in [-0.2, -0.15) is 4.68 Å². The topological polar surface area (TPSA) is 55.6 Å². The summed E-state index contributed by atoms with van der Waals surface area (Å²) < 4.78 is 1.67. The molecule has 0 saturated heterocycles. The first kappa shape index (κ1) is 11.0. The molecule has 2 rings (SSSR count). The number of aromatic nitrogens is 4. The summed E-state index contributed by atoms with van der Waals surface area (Å²) in [5.74, 6) is 0.794. The number of rotatable bonds is 4. The summed E-state index contributed by atoms with van der Waals surface area (Å²) in [6.07, 6.45) is 0.759. The summed E-state index contributed by atoms with van der Waals surface area (Å²) >= 11 is 6.09. The number of para-hydroxylation sites is 1. The monoisotopic (exact) mass is 237 g/mol. The zero-order valence-electron chi connectivity index (χ0n) is 8.89. The summed E-state index contributed by atoms with van der Waals surface area (Å²) in [6, 6.07) is 7.50. The number of nitrogens with one attached hydrogen (secondary N) is 1. The van der Waals surface area contributed by atoms with Crippen molar-refractivity contribution in [2.75, 3.05) is 13.6 Å². The van der Waals surface area contributed by atoms with E-state index in [0.717, 1.165) is 24.5 Å². The molecule has 0 aliphatic carbocycles. The zero-order chi connectivity index (χ0) is 11.4. The van der Waals surface area contributed by atoms with Gasteiger partial charge < -0.3 is 5.32 Å². The van der Waals surface area contributed by atoms with Crippen LogP contribution in [0.25, 0.3) is 5.69 Å². The number of halogens is 1. The van der Waals surface area contributed by atoms with Crippen molar-refractivity contribution in [2.24, 2.45) is 0 Å². The van der Waals surface area contributed by atoms with Crippen LogP contribution in [0.1, 0.15) is 5.82 Å². The molecular weight excluding hydrogens is 226 g/mol. The van der Waals surface area contributed by atoms with Crippen molar-refractivity contribution >= 4 is 11.6 Å². The van der Waals surface area contributed by atoms with Crippen LogP contribution in [0.15, 0.2) is 24.3 Å². The standard InChI is InChI=1S/C10H12ClN5/c1-12-7-6-10-13-14-15-16(10)9-5-3-2-4-8(9)11/h2-5,12H,6-7H2,1H3. The van der Waals surface area contributed by atoms with Crippen LogP contribution in [0.2, 0.25) is 5.02 Å². The molecule has 0 amide bonds. The molecule has 0 aliphatic rings. The Kier molecular flexibility index (Phi) is 3.48. The van der Waals surface area contributed by atoms with E-state index in [1.807, 2.05) is 31.3 Å². The van der Waals surface area contributed by atoms with Crippen molar-refractivity contribution in [3.63, 3.8) is 0 Å². The largest absolute Gasteiger partial charge is 0.319 e. The summed E-state index contributed by atoms with van der Waals surface area (Å²) in [5, 5.41) is 15.3. The summed E-state index contributed by atoms with van der Waals surface area (Å²) in [5.41, 5.74) is 0.806. The Morgan fingerprint density at radius 3 is 2.94 bits per heavy atom. The second-order valence-electron chi connectivity index (χ2n) is 3.31. The minimum absolute atomic E-state index is 0.639. The van der Waals surface area contributed by atoms with Gasteiger partial charge in [-0.15, -0.1) is 5.10 Å². The third-order valence-electron chi connectivity index (χ3n) is 2.21. The molecule has 0 bridgehead atoms. The average molecular weight is 238 g/mol. The molecule has 1 aromatic heterocycles. The van der Waals surface area contributed by atoms with E-state index in [0.29, 0.717) is 5.02 Å². The van der Waals surface area contributed by atoms with Crippen LogP contribution in [-0.4, -0.2) is 33.8 Å². The highest BCUT2D eigenvalue weighted by Gasteiger charge is 2.09. The van der Waals surface area contributed by atoms with Crippen LogP contribution in [-0.2, 0) is 6.42 Å². The molecule has 1 aromatic carbocycles. The van der Waals surface area contributed by atoms with Crippen LogP contribution in [0.5, 0.6) is 0 Å². The Balaban J connectivity index is 2.33. The fourth-order valence-electron chi connectivity index (χ4n) is 1.41. The lowest BCUT2D eigenvalue weighted by Gasteiger charge is -2.05. The van der Waals surface area contributed by atoms with E-state index >= 15 is 0 Å². The molecule has 1 heterocycles. The van der Waals surface area contributed by atoms with Crippen molar-refractivity contribution in [3.05, 3.63) is 35.1 Å². The van der Waals surface area contributed by atoms with E-state index in [9.17, 15) is 0 Å². The molecule has 0 unspecified atom stereocenters. The van der Waals surface area contributed by atoms with E-state index < -0.39 is 0 Å². The number of nitrogens with zero attached hydrogens (tertiary/aromatic N) is 4. The molecule has 1 N–H and O–H groups in total. The highest BCUT2D eigenvalue weighted by atomic mass is 35.5. The van der Waals surface area contributed by atoms with E-state index in [1.54, 1.807) is 4.68 Å². The molecule has 16 heavy (non-hydrogen) atoms. The van der Waals surface area contributed by atoms with Crippen LogP contribution >= 0.6 is 11.6 Å². The Morgan fingerprint density at radius 1 is 1.38 bits per heavy atom. The van der Waals surface area contributed by atoms with Gasteiger partial charge in [0.05, 0.1) is 10.7 Å². The maximum Gasteiger partial charge on any atom is 0.158 e. The average Bonchev–Trinajstić information content (AvgIpc) is 2.75. The molecule has 5 nitrogen and oxygen atoms in total. The van der Waals surface area contributed by atoms with Gasteiger partial charge in [-0.25, -0.2) is 0 Å². The van der Waals surface area contributed by atoms with Crippen molar-refractivity contribution in [2.45, 2.75) is 6.42 Å². The van der Waals surface area contributed by atoms with Gasteiger partial charge in [0.15, 0.2) is 5.82 Å². The number of hydrogen-bond donors (Lipinski definition) is 1. The van der Waals surface area contributed by atoms with Crippen molar-refractivity contribution < 1.29 is 0 Å². The third-order valence-corrected chi connectivity index (χ3v) is 2.53. The summed E-state index contributed by atoms with van der Waals surface area (Å²) in [4.78, 5) is 0. The molecule has 84 valence electrons. The first-order valence-electron chi connectivity index (χ1n) is 4.99. The Morgan fingerprint density at radius 2 is 2.19 bits per heavy atom. The number of tetrazole rings is 1. The van der Waals surface area contributed by atoms with Gasteiger partial charge in [0.2, 0.25) is 0 Å². The smallest absolute Gasteiger partial charge is 0.158 e. The van der Waals surface area contributed by atoms with Crippen LogP contribution < -0.4 is 5.32 Å². The summed E-state index contributed by atoms with van der Waals surface area (Å²) in [6.45, 7) is 0.824. The fourth-order valence-corrected chi connectivity index (χ4v) is 1.62. The SMILES string of the molecule is CNCCc1nnnn1-c1ccccc1Cl. The van der Waals surface area contributed by atoms with Crippen LogP contribution in [0.4, 0.5) is 0 Å². The highest BCUT2D eigenvalue weighted by Crippen LogP contribution is 2.19. The van der Waals surface area contributed by atoms with Crippen LogP contribution in [0.3, 0.4) is 0 Å². The summed E-state index contributed by atoms with van der Waals surface area (Å²) in [7, 11) is 1.89. The van der Waals surface area contributed by atoms with Gasteiger partial charge in [-0.05, 0) is 29.6 Å². The minimum atomic E-state index is 0.639. The quantitative estimate of drug-likeness (QED) is 0.865. The second kappa shape index (κ2) is 5.05. The predicted octanol–water partition coefficient (Wildman–Crippen LogP) is 1.08. The number of hydrogen-bond acceptors (Lipinski definition) is 4. The molecule has 0 fully saturated rings. The predicted molar refractivity (Wildman–Crippen MR) is 61.8 cm³/mol. The molecule has 6 heteroatoms. The van der Waals surface area contributed by atoms with Crippen molar-refractivity contribution in [3.8, 4) is 5.69 Å². The minimum Gasteiger partial charge on any atom is -0.319 e. The second-order valence-corrected chi connectivity index (χ2v) is 3.72. The van der Waals surface area contributed by atoms with Crippen LogP contribution in [0, 0.1) is 0 Å². The van der Waals surface area contributed by atoms with Gasteiger partial charge in [0.1, 0.15) is 0 Å². The van der Waals surface area contributed by atoms with Crippen molar-refractivity contribution in [1.29, 1.82) is 0 Å². The molecule has 0 spiro atoms. The molecular formula is C10H12ClN5. The Hall–Kier alpha value is -1.46. The lowest BCUT2D eigenvalue weighted by atomic mass is 10.3. The lowest BCUT2D eigenvalue weighted by Crippen LogP contribution is -2.14. The van der Waals surface area contributed by atoms with E-state index in [2.05, 4.69) is 20.8 Å². The van der Waals surface area contributed by atoms with E-state index in [-0.39, 0.29) is 0 Å². The maximum absolute atomic E-state index is 6.09. The first-order chi connectivity index (χ1) is 7.83. The fraction of sp³-hybridized carbons (Fsp3) is 0.300. The Labute approximate surface area is 98.4 Å². The van der Waals surface area contributed by atoms with Gasteiger partial charge >= 0.3 is 0 Å². The van der Waals surface area contributed by atoms with Gasteiger partial charge in [-0.1, -0.05) is 23.7 Å². The highest BCUT2D eigenvalue weighted by molar-refractivity contribution is 6.32. The normalized spacial score (nSPS) is 10.6. The zero-order valence-corrected chi connectivity index (χ0v) is 9.65. The molecule has 0 saturated carbocycles. The van der Waals surface area contributed by atoms with Crippen molar-refractivity contribution in [1.82, 2.24) is 25.5 Å². The number of benzene rings is 1. The molecule has 0 atom stereocenters. The molecule has 2 aromatic rings. The third kappa shape index (κ3) is 2.20. The first-order valence-corrected chi connectivity index (χ1v) is 5.37. The maximum atomic E-state index is 6.09. The van der Waals surface area contributed by atoms with Gasteiger partial charge in [-0.3, -0.25) is 0 Å². The van der Waals surface area contributed by atoms with E-state index in [1.165, 1.54) is 0 Å².